The molecule has 2 aromatic rings. The SMILES string of the molecule is CNc1nc(N)nc2c1ncn2[C@@H]1O[C@H](COP(=O)(OCOC(=O)C(C)(C)C)OCOC(=O)C(C)(C)C)[C@@H](OC(=O)[C@@H](N)C(C)C)[C@@]1(C)F. The van der Waals surface area contributed by atoms with Gasteiger partial charge in [0.25, 0.3) is 0 Å². The van der Waals surface area contributed by atoms with E-state index in [2.05, 4.69) is 20.3 Å². The van der Waals surface area contributed by atoms with Crippen molar-refractivity contribution in [3.63, 3.8) is 0 Å². The van der Waals surface area contributed by atoms with Crippen LogP contribution in [0.25, 0.3) is 11.2 Å². The Hall–Kier alpha value is -3.48. The quantitative estimate of drug-likeness (QED) is 0.110. The molecule has 0 unspecified atom stereocenters. The van der Waals surface area contributed by atoms with E-state index in [1.807, 2.05) is 0 Å². The Balaban J connectivity index is 1.94. The fourth-order valence-corrected chi connectivity index (χ4v) is 5.20. The van der Waals surface area contributed by atoms with Gasteiger partial charge in [0.1, 0.15) is 12.1 Å². The van der Waals surface area contributed by atoms with Crippen LogP contribution >= 0.6 is 7.82 Å². The molecule has 3 heterocycles. The van der Waals surface area contributed by atoms with Crippen LogP contribution in [0.15, 0.2) is 6.33 Å². The van der Waals surface area contributed by atoms with E-state index in [9.17, 15) is 18.9 Å². The fraction of sp³-hybridized carbons (Fsp3) is 0.724. The van der Waals surface area contributed by atoms with Gasteiger partial charge in [-0.25, -0.2) is 23.0 Å². The first-order valence-corrected chi connectivity index (χ1v) is 16.8. The second-order valence-electron chi connectivity index (χ2n) is 13.9. The molecule has 0 aliphatic carbocycles. The minimum absolute atomic E-state index is 0.0925. The molecule has 3 rings (SSSR count). The van der Waals surface area contributed by atoms with Gasteiger partial charge >= 0.3 is 25.7 Å². The molecule has 20 heteroatoms. The van der Waals surface area contributed by atoms with Gasteiger partial charge in [0.2, 0.25) is 19.5 Å². The molecule has 0 amide bonds. The van der Waals surface area contributed by atoms with Gasteiger partial charge in [-0.3, -0.25) is 23.5 Å². The molecule has 276 valence electrons. The summed E-state index contributed by atoms with van der Waals surface area (Å²) in [5.41, 5.74) is 7.84. The third-order valence-electron chi connectivity index (χ3n) is 7.27. The van der Waals surface area contributed by atoms with Crippen molar-refractivity contribution in [2.75, 3.05) is 38.3 Å². The molecule has 0 bridgehead atoms. The Morgan fingerprint density at radius 3 is 2.10 bits per heavy atom. The number of nitrogens with zero attached hydrogens (tertiary/aromatic N) is 4. The van der Waals surface area contributed by atoms with E-state index in [1.54, 1.807) is 62.4 Å². The summed E-state index contributed by atoms with van der Waals surface area (Å²) in [5.74, 6) is -2.56. The number of phosphoric ester groups is 1. The molecule has 1 aliphatic rings. The number of halogens is 1. The lowest BCUT2D eigenvalue weighted by Crippen LogP contribution is -2.48. The monoisotopic (exact) mass is 719 g/mol. The van der Waals surface area contributed by atoms with E-state index < -0.39 is 86.9 Å². The number of imidazole rings is 1. The number of rotatable bonds is 14. The van der Waals surface area contributed by atoms with Crippen molar-refractivity contribution in [1.82, 2.24) is 19.5 Å². The van der Waals surface area contributed by atoms with Gasteiger partial charge in [-0.05, 0) is 54.4 Å². The lowest BCUT2D eigenvalue weighted by molar-refractivity contribution is -0.164. The zero-order chi connectivity index (χ0) is 37.1. The number of nitrogen functional groups attached to an aromatic ring is 1. The lowest BCUT2D eigenvalue weighted by atomic mass is 9.97. The summed E-state index contributed by atoms with van der Waals surface area (Å²) in [5, 5.41) is 2.84. The van der Waals surface area contributed by atoms with E-state index in [-0.39, 0.29) is 28.8 Å². The predicted molar refractivity (Wildman–Crippen MR) is 172 cm³/mol. The van der Waals surface area contributed by atoms with E-state index in [0.717, 1.165) is 6.92 Å². The Bertz CT molecular complexity index is 1520. The first-order chi connectivity index (χ1) is 22.5. The number of anilines is 2. The normalized spacial score (nSPS) is 22.3. The number of nitrogens with one attached hydrogen (secondary N) is 1. The first kappa shape index (κ1) is 40.0. The number of hydrogen-bond acceptors (Lipinski definition) is 17. The van der Waals surface area contributed by atoms with Gasteiger partial charge in [-0.2, -0.15) is 9.97 Å². The predicted octanol–water partition coefficient (Wildman–Crippen LogP) is 3.22. The summed E-state index contributed by atoms with van der Waals surface area (Å²) in [6, 6.07) is -1.12. The Kier molecular flexibility index (Phi) is 12.4. The van der Waals surface area contributed by atoms with Crippen LogP contribution < -0.4 is 16.8 Å². The summed E-state index contributed by atoms with van der Waals surface area (Å²) in [4.78, 5) is 50.1. The van der Waals surface area contributed by atoms with Crippen molar-refractivity contribution in [2.45, 2.75) is 92.5 Å². The third-order valence-corrected chi connectivity index (χ3v) is 8.57. The maximum absolute atomic E-state index is 16.9. The van der Waals surface area contributed by atoms with Crippen molar-refractivity contribution < 1.29 is 55.9 Å². The van der Waals surface area contributed by atoms with E-state index in [4.69, 9.17) is 44.0 Å². The van der Waals surface area contributed by atoms with Crippen LogP contribution in [-0.2, 0) is 51.5 Å². The summed E-state index contributed by atoms with van der Waals surface area (Å²) < 4.78 is 69.5. The highest BCUT2D eigenvalue weighted by Crippen LogP contribution is 2.52. The van der Waals surface area contributed by atoms with Crippen LogP contribution in [0.5, 0.6) is 0 Å². The van der Waals surface area contributed by atoms with E-state index >= 15 is 4.39 Å². The zero-order valence-corrected chi connectivity index (χ0v) is 30.2. The number of alkyl halides is 1. The number of aromatic nitrogens is 4. The molecule has 0 saturated carbocycles. The molecular formula is C29H47FN7O11P. The molecular weight excluding hydrogens is 672 g/mol. The van der Waals surface area contributed by atoms with Gasteiger partial charge in [0.05, 0.1) is 23.8 Å². The molecule has 18 nitrogen and oxygen atoms in total. The lowest BCUT2D eigenvalue weighted by Gasteiger charge is -2.29. The number of carbonyl (C=O) groups excluding carboxylic acids is 3. The van der Waals surface area contributed by atoms with Crippen LogP contribution in [0.4, 0.5) is 16.2 Å². The maximum Gasteiger partial charge on any atom is 0.480 e. The van der Waals surface area contributed by atoms with Gasteiger partial charge in [-0.15, -0.1) is 0 Å². The molecule has 0 radical (unpaired) electrons. The highest BCUT2D eigenvalue weighted by atomic mass is 31.2. The molecule has 49 heavy (non-hydrogen) atoms. The third kappa shape index (κ3) is 9.61. The smallest absolute Gasteiger partial charge is 0.455 e. The standard InChI is InChI=1S/C29H47FN7O11P/c1-15(2)17(31)22(38)48-19-16(47-23(29(19,9)30)37-12-34-18-20(33-10)35-26(32)36-21(18)37)11-44-49(41,45-13-42-24(39)27(3,4)5)46-14-43-25(40)28(6,7)8/h12,15-17,19,23H,11,13-14,31H2,1-10H3,(H3,32,33,35,36)/t16-,17+,19-,23-,29-/m1/s1. The Morgan fingerprint density at radius 1 is 1.06 bits per heavy atom. The zero-order valence-electron chi connectivity index (χ0n) is 29.3. The second-order valence-corrected chi connectivity index (χ2v) is 15.6. The summed E-state index contributed by atoms with van der Waals surface area (Å²) in [6.45, 7) is 11.5. The van der Waals surface area contributed by atoms with Gasteiger partial charge in [0, 0.05) is 7.05 Å². The van der Waals surface area contributed by atoms with Crippen LogP contribution in [0, 0.1) is 16.7 Å². The Morgan fingerprint density at radius 2 is 1.61 bits per heavy atom. The fourth-order valence-electron chi connectivity index (χ4n) is 4.28. The van der Waals surface area contributed by atoms with Crippen LogP contribution in [0.1, 0.15) is 68.5 Å². The van der Waals surface area contributed by atoms with E-state index in [0.29, 0.717) is 0 Å². The largest absolute Gasteiger partial charge is 0.480 e. The molecule has 2 aromatic heterocycles. The first-order valence-electron chi connectivity index (χ1n) is 15.4. The molecule has 1 fully saturated rings. The highest BCUT2D eigenvalue weighted by molar-refractivity contribution is 7.48. The van der Waals surface area contributed by atoms with Crippen molar-refractivity contribution in [3.8, 4) is 0 Å². The van der Waals surface area contributed by atoms with Gasteiger partial charge < -0.3 is 35.7 Å². The molecule has 0 aromatic carbocycles. The second kappa shape index (κ2) is 15.2. The van der Waals surface area contributed by atoms with Gasteiger partial charge in [0.15, 0.2) is 35.0 Å². The number of esters is 3. The van der Waals surface area contributed by atoms with Crippen LogP contribution in [-0.4, -0.2) is 88.6 Å². The van der Waals surface area contributed by atoms with Gasteiger partial charge in [-0.1, -0.05) is 13.8 Å². The number of phosphoric acid groups is 1. The van der Waals surface area contributed by atoms with Crippen molar-refractivity contribution in [1.29, 1.82) is 0 Å². The average Bonchev–Trinajstić information content (AvgIpc) is 3.51. The molecule has 5 atom stereocenters. The van der Waals surface area contributed by atoms with Crippen molar-refractivity contribution >= 4 is 48.7 Å². The number of nitrogens with two attached hydrogens (primary N) is 2. The molecule has 1 aliphatic heterocycles. The molecule has 5 N–H and O–H groups in total. The minimum atomic E-state index is -4.75. The highest BCUT2D eigenvalue weighted by Gasteiger charge is 2.59. The Labute approximate surface area is 283 Å². The van der Waals surface area contributed by atoms with Crippen molar-refractivity contribution in [2.24, 2.45) is 22.5 Å². The van der Waals surface area contributed by atoms with Crippen molar-refractivity contribution in [3.05, 3.63) is 6.33 Å². The minimum Gasteiger partial charge on any atom is -0.455 e. The average molecular weight is 720 g/mol. The summed E-state index contributed by atoms with van der Waals surface area (Å²) in [7, 11) is -3.16. The number of ether oxygens (including phenoxy) is 4. The summed E-state index contributed by atoms with van der Waals surface area (Å²) in [6.07, 6.45) is -3.49. The number of carbonyl (C=O) groups is 3. The summed E-state index contributed by atoms with van der Waals surface area (Å²) >= 11 is 0. The van der Waals surface area contributed by atoms with Crippen LogP contribution in [0.2, 0.25) is 0 Å². The molecule has 1 saturated heterocycles. The topological polar surface area (TPSA) is 241 Å². The number of hydrogen-bond donors (Lipinski definition) is 3. The van der Waals surface area contributed by atoms with Crippen LogP contribution in [0.3, 0.4) is 0 Å². The molecule has 0 spiro atoms. The maximum atomic E-state index is 16.9. The van der Waals surface area contributed by atoms with E-state index in [1.165, 1.54) is 10.9 Å². The number of fused-ring (bicyclic) bond motifs is 1.